The molecule has 0 N–H and O–H groups in total. The number of methoxy groups -OCH3 is 1. The Morgan fingerprint density at radius 3 is 2.71 bits per heavy atom. The number of carbonyl (C=O) groups excluding carboxylic acids is 1. The molecule has 3 aliphatic heterocycles. The molecule has 180 valence electrons. The number of hydrazine groups is 1. The first-order valence-electron chi connectivity index (χ1n) is 11.8. The number of hydrogen-bond acceptors (Lipinski definition) is 6. The van der Waals surface area contributed by atoms with Crippen molar-refractivity contribution in [2.24, 2.45) is 9.98 Å². The number of nitrogens with zero attached hydrogens (tertiary/aromatic N) is 5. The number of ether oxygens (including phenoxy) is 1. The molecule has 1 fully saturated rings. The molecule has 1 amide bonds. The fourth-order valence-electron chi connectivity index (χ4n) is 4.59. The third-order valence-corrected chi connectivity index (χ3v) is 6.47. The first kappa shape index (κ1) is 23.0. The molecule has 2 aromatic carbocycles. The SMILES string of the molecule is COc1cc(/C=C/C2=NC(=O)C(Cc3ccc(F)cc3)N3CCCN23)ccc1N1C=NC(C)=CC1. The molecule has 0 bridgehead atoms. The number of fused-ring (bicyclic) bond motifs is 1. The summed E-state index contributed by atoms with van der Waals surface area (Å²) < 4.78 is 18.9. The molecule has 0 aromatic heterocycles. The minimum atomic E-state index is -0.372. The molecular formula is C27H28FN5O2. The van der Waals surface area contributed by atoms with Crippen LogP contribution in [0.2, 0.25) is 0 Å². The third kappa shape index (κ3) is 4.88. The van der Waals surface area contributed by atoms with Gasteiger partial charge in [-0.2, -0.15) is 4.99 Å². The molecule has 35 heavy (non-hydrogen) atoms. The second-order valence-electron chi connectivity index (χ2n) is 8.80. The second kappa shape index (κ2) is 9.84. The van der Waals surface area contributed by atoms with E-state index in [-0.39, 0.29) is 17.8 Å². The predicted molar refractivity (Wildman–Crippen MR) is 136 cm³/mol. The van der Waals surface area contributed by atoms with Crippen LogP contribution in [0, 0.1) is 5.82 Å². The highest BCUT2D eigenvalue weighted by Crippen LogP contribution is 2.30. The average Bonchev–Trinajstić information content (AvgIpc) is 3.36. The van der Waals surface area contributed by atoms with E-state index in [1.165, 1.54) is 12.1 Å². The van der Waals surface area contributed by atoms with E-state index in [0.717, 1.165) is 54.3 Å². The van der Waals surface area contributed by atoms with Gasteiger partial charge in [-0.15, -0.1) is 0 Å². The monoisotopic (exact) mass is 473 g/mol. The van der Waals surface area contributed by atoms with E-state index in [1.807, 2.05) is 48.5 Å². The van der Waals surface area contributed by atoms with E-state index >= 15 is 0 Å². The van der Waals surface area contributed by atoms with Crippen molar-refractivity contribution in [1.82, 2.24) is 10.0 Å². The van der Waals surface area contributed by atoms with E-state index in [0.29, 0.717) is 12.3 Å². The Morgan fingerprint density at radius 1 is 1.14 bits per heavy atom. The fraction of sp³-hybridized carbons (Fsp3) is 0.296. The topological polar surface area (TPSA) is 60.7 Å². The molecule has 7 nitrogen and oxygen atoms in total. The quantitative estimate of drug-likeness (QED) is 0.633. The van der Waals surface area contributed by atoms with Gasteiger partial charge in [0.05, 0.1) is 19.1 Å². The Kier molecular flexibility index (Phi) is 6.46. The summed E-state index contributed by atoms with van der Waals surface area (Å²) >= 11 is 0. The number of carbonyl (C=O) groups is 1. The number of hydrogen-bond donors (Lipinski definition) is 0. The van der Waals surface area contributed by atoms with Crippen LogP contribution in [0.1, 0.15) is 24.5 Å². The molecule has 0 spiro atoms. The average molecular weight is 474 g/mol. The number of anilines is 1. The van der Waals surface area contributed by atoms with Gasteiger partial charge in [-0.25, -0.2) is 14.4 Å². The lowest BCUT2D eigenvalue weighted by Gasteiger charge is -2.38. The van der Waals surface area contributed by atoms with E-state index in [2.05, 4.69) is 26.1 Å². The van der Waals surface area contributed by atoms with Crippen LogP contribution < -0.4 is 9.64 Å². The lowest BCUT2D eigenvalue weighted by molar-refractivity contribution is -0.128. The summed E-state index contributed by atoms with van der Waals surface area (Å²) in [6.07, 6.45) is 9.17. The highest BCUT2D eigenvalue weighted by molar-refractivity contribution is 6.06. The lowest BCUT2D eigenvalue weighted by Crippen LogP contribution is -2.54. The molecule has 1 unspecified atom stereocenters. The van der Waals surface area contributed by atoms with Crippen molar-refractivity contribution in [2.75, 3.05) is 31.6 Å². The van der Waals surface area contributed by atoms with Gasteiger partial charge in [-0.1, -0.05) is 24.3 Å². The molecule has 1 saturated heterocycles. The van der Waals surface area contributed by atoms with Crippen molar-refractivity contribution < 1.29 is 13.9 Å². The number of halogens is 1. The van der Waals surface area contributed by atoms with Gasteiger partial charge in [-0.05, 0) is 67.3 Å². The molecule has 0 aliphatic carbocycles. The number of allylic oxidation sites excluding steroid dienone is 1. The first-order valence-corrected chi connectivity index (χ1v) is 11.8. The summed E-state index contributed by atoms with van der Waals surface area (Å²) in [6.45, 7) is 4.31. The van der Waals surface area contributed by atoms with E-state index < -0.39 is 0 Å². The molecule has 0 saturated carbocycles. The Bertz CT molecular complexity index is 1230. The van der Waals surface area contributed by atoms with Crippen LogP contribution in [0.15, 0.2) is 70.3 Å². The van der Waals surface area contributed by atoms with Crippen molar-refractivity contribution in [1.29, 1.82) is 0 Å². The summed E-state index contributed by atoms with van der Waals surface area (Å²) in [4.78, 5) is 23.8. The Morgan fingerprint density at radius 2 is 1.97 bits per heavy atom. The van der Waals surface area contributed by atoms with Crippen molar-refractivity contribution in [3.05, 3.63) is 77.3 Å². The Hall–Kier alpha value is -3.78. The van der Waals surface area contributed by atoms with Gasteiger partial charge in [0.15, 0.2) is 0 Å². The third-order valence-electron chi connectivity index (χ3n) is 6.47. The zero-order chi connectivity index (χ0) is 24.4. The van der Waals surface area contributed by atoms with Crippen LogP contribution >= 0.6 is 0 Å². The minimum absolute atomic E-state index is 0.173. The van der Waals surface area contributed by atoms with Gasteiger partial charge in [-0.3, -0.25) is 9.80 Å². The maximum atomic E-state index is 13.3. The summed E-state index contributed by atoms with van der Waals surface area (Å²) in [6, 6.07) is 11.9. The van der Waals surface area contributed by atoms with Crippen molar-refractivity contribution >= 4 is 29.8 Å². The summed E-state index contributed by atoms with van der Waals surface area (Å²) in [5, 5.41) is 4.17. The molecule has 3 aliphatic rings. The number of rotatable bonds is 6. The fourth-order valence-corrected chi connectivity index (χ4v) is 4.59. The Labute approximate surface area is 204 Å². The molecule has 3 heterocycles. The highest BCUT2D eigenvalue weighted by Gasteiger charge is 2.38. The summed E-state index contributed by atoms with van der Waals surface area (Å²) in [5.74, 6) is 0.926. The van der Waals surface area contributed by atoms with Crippen LogP contribution in [-0.4, -0.2) is 60.9 Å². The molecular weight excluding hydrogens is 445 g/mol. The second-order valence-corrected chi connectivity index (χ2v) is 8.80. The van der Waals surface area contributed by atoms with E-state index in [4.69, 9.17) is 4.74 Å². The van der Waals surface area contributed by atoms with E-state index in [9.17, 15) is 9.18 Å². The van der Waals surface area contributed by atoms with Crippen molar-refractivity contribution in [3.8, 4) is 5.75 Å². The number of aliphatic imine (C=N–C) groups is 2. The van der Waals surface area contributed by atoms with E-state index in [1.54, 1.807) is 19.2 Å². The number of amidine groups is 1. The molecule has 2 aromatic rings. The van der Waals surface area contributed by atoms with Gasteiger partial charge < -0.3 is 9.64 Å². The van der Waals surface area contributed by atoms with Gasteiger partial charge >= 0.3 is 0 Å². The molecule has 8 heteroatoms. The van der Waals surface area contributed by atoms with Crippen LogP contribution in [0.4, 0.5) is 10.1 Å². The predicted octanol–water partition coefficient (Wildman–Crippen LogP) is 4.07. The largest absolute Gasteiger partial charge is 0.495 e. The standard InChI is InChI=1S/C27H28FN5O2/c1-19-12-15-31(18-29-19)23-10-6-21(17-25(23)35-2)7-11-26-30-27(34)24(32-13-3-14-33(26)32)16-20-4-8-22(28)9-5-20/h4-12,17-18,24H,3,13-16H2,1-2H3/b11-7+. The first-order chi connectivity index (χ1) is 17.0. The maximum absolute atomic E-state index is 13.3. The van der Waals surface area contributed by atoms with Gasteiger partial charge in [0, 0.05) is 25.3 Å². The summed E-state index contributed by atoms with van der Waals surface area (Å²) in [7, 11) is 1.65. The molecule has 5 rings (SSSR count). The van der Waals surface area contributed by atoms with Crippen LogP contribution in [0.3, 0.4) is 0 Å². The van der Waals surface area contributed by atoms with Gasteiger partial charge in [0.1, 0.15) is 23.4 Å². The lowest BCUT2D eigenvalue weighted by atomic mass is 10.0. The normalized spacial score (nSPS) is 20.3. The zero-order valence-electron chi connectivity index (χ0n) is 19.9. The van der Waals surface area contributed by atoms with Crippen LogP contribution in [-0.2, 0) is 11.2 Å². The van der Waals surface area contributed by atoms with Crippen LogP contribution in [0.5, 0.6) is 5.75 Å². The minimum Gasteiger partial charge on any atom is -0.495 e. The maximum Gasteiger partial charge on any atom is 0.267 e. The number of benzene rings is 2. The van der Waals surface area contributed by atoms with Crippen molar-refractivity contribution in [2.45, 2.75) is 25.8 Å². The number of amides is 1. The molecule has 0 radical (unpaired) electrons. The van der Waals surface area contributed by atoms with Gasteiger partial charge in [0.25, 0.3) is 5.91 Å². The Balaban J connectivity index is 1.34. The highest BCUT2D eigenvalue weighted by atomic mass is 19.1. The smallest absolute Gasteiger partial charge is 0.267 e. The zero-order valence-corrected chi connectivity index (χ0v) is 19.9. The molecule has 1 atom stereocenters. The van der Waals surface area contributed by atoms with Crippen LogP contribution in [0.25, 0.3) is 6.08 Å². The van der Waals surface area contributed by atoms with Crippen molar-refractivity contribution in [3.63, 3.8) is 0 Å². The summed E-state index contributed by atoms with van der Waals surface area (Å²) in [5.41, 5.74) is 3.80. The van der Waals surface area contributed by atoms with Gasteiger partial charge in [0.2, 0.25) is 0 Å².